The van der Waals surface area contributed by atoms with Crippen LogP contribution in [0, 0.1) is 12.3 Å². The maximum atomic E-state index is 9.61. The van der Waals surface area contributed by atoms with E-state index in [0.717, 1.165) is 6.42 Å². The van der Waals surface area contributed by atoms with Gasteiger partial charge in [-0.25, -0.2) is 0 Å². The van der Waals surface area contributed by atoms with Crippen molar-refractivity contribution >= 4 is 5.82 Å². The van der Waals surface area contributed by atoms with Crippen molar-refractivity contribution in [1.29, 1.82) is 0 Å². The van der Waals surface area contributed by atoms with Gasteiger partial charge in [-0.3, -0.25) is 5.10 Å². The van der Waals surface area contributed by atoms with Crippen LogP contribution in [0.2, 0.25) is 0 Å². The molecule has 0 aliphatic rings. The lowest BCUT2D eigenvalue weighted by Crippen LogP contribution is -1.99. The quantitative estimate of drug-likeness (QED) is 0.473. The van der Waals surface area contributed by atoms with Crippen molar-refractivity contribution in [3.8, 4) is 12.3 Å². The number of aromatic amines is 1. The molecule has 0 fully saturated rings. The summed E-state index contributed by atoms with van der Waals surface area (Å²) in [5, 5.41) is 15.9. The van der Waals surface area contributed by atoms with Gasteiger partial charge in [0, 0.05) is 12.0 Å². The molecule has 13 heavy (non-hydrogen) atoms. The lowest BCUT2D eigenvalue weighted by atomic mass is 10.1. The molecule has 1 heterocycles. The summed E-state index contributed by atoms with van der Waals surface area (Å²) in [4.78, 5) is 0. The number of unbranched alkanes of at least 4 members (excludes halogenated alkanes) is 1. The second-order valence-corrected chi connectivity index (χ2v) is 2.85. The number of aromatic nitrogens is 2. The van der Waals surface area contributed by atoms with Gasteiger partial charge in [0.05, 0.1) is 12.3 Å². The Morgan fingerprint density at radius 2 is 2.54 bits per heavy atom. The zero-order valence-corrected chi connectivity index (χ0v) is 7.33. The van der Waals surface area contributed by atoms with Crippen LogP contribution in [0.25, 0.3) is 0 Å². The number of terminal acetylenes is 1. The number of H-pyrrole nitrogens is 1. The molecule has 1 aromatic rings. The number of nitrogens with two attached hydrogens (primary N) is 1. The van der Waals surface area contributed by atoms with E-state index < -0.39 is 6.10 Å². The van der Waals surface area contributed by atoms with Gasteiger partial charge in [0.1, 0.15) is 5.82 Å². The van der Waals surface area contributed by atoms with Gasteiger partial charge in [0.2, 0.25) is 0 Å². The second-order valence-electron chi connectivity index (χ2n) is 2.85. The van der Waals surface area contributed by atoms with Crippen molar-refractivity contribution in [2.24, 2.45) is 0 Å². The largest absolute Gasteiger partial charge is 0.388 e. The molecule has 4 nitrogen and oxygen atoms in total. The van der Waals surface area contributed by atoms with E-state index in [0.29, 0.717) is 24.2 Å². The zero-order valence-electron chi connectivity index (χ0n) is 7.33. The van der Waals surface area contributed by atoms with E-state index >= 15 is 0 Å². The molecule has 0 bridgehead atoms. The van der Waals surface area contributed by atoms with E-state index in [1.54, 1.807) is 0 Å². The van der Waals surface area contributed by atoms with E-state index in [-0.39, 0.29) is 0 Å². The minimum Gasteiger partial charge on any atom is -0.388 e. The van der Waals surface area contributed by atoms with Crippen molar-refractivity contribution in [1.82, 2.24) is 10.2 Å². The summed E-state index contributed by atoms with van der Waals surface area (Å²) in [5.74, 6) is 2.94. The molecule has 1 unspecified atom stereocenters. The second kappa shape index (κ2) is 4.53. The molecule has 0 aromatic carbocycles. The topological polar surface area (TPSA) is 74.9 Å². The van der Waals surface area contributed by atoms with Crippen LogP contribution >= 0.6 is 0 Å². The van der Waals surface area contributed by atoms with Gasteiger partial charge in [-0.2, -0.15) is 5.10 Å². The summed E-state index contributed by atoms with van der Waals surface area (Å²) >= 11 is 0. The van der Waals surface area contributed by atoms with Crippen LogP contribution in [-0.2, 0) is 0 Å². The van der Waals surface area contributed by atoms with Crippen LogP contribution < -0.4 is 5.73 Å². The highest BCUT2D eigenvalue weighted by molar-refractivity contribution is 5.38. The molecule has 0 saturated carbocycles. The fraction of sp³-hybridized carbons (Fsp3) is 0.444. The van der Waals surface area contributed by atoms with Crippen LogP contribution in [-0.4, -0.2) is 15.3 Å². The monoisotopic (exact) mass is 179 g/mol. The third-order valence-electron chi connectivity index (χ3n) is 1.86. The van der Waals surface area contributed by atoms with Crippen LogP contribution in [0.4, 0.5) is 5.82 Å². The minimum atomic E-state index is -0.563. The van der Waals surface area contributed by atoms with E-state index in [2.05, 4.69) is 16.1 Å². The maximum absolute atomic E-state index is 9.61. The Hall–Kier alpha value is -1.47. The number of nitrogens with one attached hydrogen (secondary N) is 1. The fourth-order valence-corrected chi connectivity index (χ4v) is 1.12. The molecular formula is C9H13N3O. The summed E-state index contributed by atoms with van der Waals surface area (Å²) in [6, 6.07) is 0. The average molecular weight is 179 g/mol. The molecule has 1 rings (SSSR count). The molecular weight excluding hydrogens is 166 g/mol. The van der Waals surface area contributed by atoms with Crippen LogP contribution in [0.1, 0.15) is 30.9 Å². The molecule has 0 aliphatic heterocycles. The molecule has 4 N–H and O–H groups in total. The Kier molecular flexibility index (Phi) is 3.35. The smallest absolute Gasteiger partial charge is 0.124 e. The number of hydrogen-bond acceptors (Lipinski definition) is 3. The molecule has 0 radical (unpaired) electrons. The van der Waals surface area contributed by atoms with Crippen molar-refractivity contribution in [3.63, 3.8) is 0 Å². The molecule has 70 valence electrons. The minimum absolute atomic E-state index is 0.424. The molecule has 0 amide bonds. The number of nitrogens with zero attached hydrogens (tertiary/aromatic N) is 1. The Morgan fingerprint density at radius 3 is 3.08 bits per heavy atom. The number of anilines is 1. The lowest BCUT2D eigenvalue weighted by molar-refractivity contribution is 0.166. The van der Waals surface area contributed by atoms with E-state index in [1.807, 2.05) is 0 Å². The first-order chi connectivity index (χ1) is 6.25. The number of aliphatic hydroxyl groups excluding tert-OH is 1. The van der Waals surface area contributed by atoms with Crippen molar-refractivity contribution < 1.29 is 5.11 Å². The number of aliphatic hydroxyl groups is 1. The van der Waals surface area contributed by atoms with Gasteiger partial charge in [-0.1, -0.05) is 0 Å². The van der Waals surface area contributed by atoms with Gasteiger partial charge in [0.15, 0.2) is 0 Å². The zero-order chi connectivity index (χ0) is 9.68. The summed E-state index contributed by atoms with van der Waals surface area (Å²) < 4.78 is 0. The van der Waals surface area contributed by atoms with Gasteiger partial charge < -0.3 is 10.8 Å². The third kappa shape index (κ3) is 2.49. The molecule has 4 heteroatoms. The summed E-state index contributed by atoms with van der Waals surface area (Å²) in [7, 11) is 0. The van der Waals surface area contributed by atoms with Crippen LogP contribution in [0.15, 0.2) is 6.20 Å². The predicted octanol–water partition coefficient (Wildman–Crippen LogP) is 0.829. The number of hydrogen-bond donors (Lipinski definition) is 3. The maximum Gasteiger partial charge on any atom is 0.124 e. The number of nitrogen functional groups attached to an aromatic ring is 1. The van der Waals surface area contributed by atoms with Gasteiger partial charge in [-0.15, -0.1) is 12.3 Å². The molecule has 0 spiro atoms. The van der Waals surface area contributed by atoms with Gasteiger partial charge in [0.25, 0.3) is 0 Å². The average Bonchev–Trinajstić information content (AvgIpc) is 2.52. The first-order valence-corrected chi connectivity index (χ1v) is 4.16. The molecule has 1 aromatic heterocycles. The standard InChI is InChI=1S/C9H13N3O/c1-2-3-4-5-8(13)7-6-11-12-9(7)10/h1,6,8,13H,3-5H2,(H3,10,11,12). The Morgan fingerprint density at radius 1 is 1.77 bits per heavy atom. The van der Waals surface area contributed by atoms with E-state index in [1.165, 1.54) is 6.20 Å². The van der Waals surface area contributed by atoms with Crippen molar-refractivity contribution in [3.05, 3.63) is 11.8 Å². The molecule has 0 saturated heterocycles. The summed E-state index contributed by atoms with van der Waals surface area (Å²) in [6.45, 7) is 0. The van der Waals surface area contributed by atoms with E-state index in [4.69, 9.17) is 12.2 Å². The Bertz CT molecular complexity index is 300. The van der Waals surface area contributed by atoms with Crippen LogP contribution in [0.5, 0.6) is 0 Å². The Labute approximate surface area is 77.2 Å². The molecule has 1 atom stereocenters. The Balaban J connectivity index is 2.45. The highest BCUT2D eigenvalue weighted by Crippen LogP contribution is 2.22. The van der Waals surface area contributed by atoms with Gasteiger partial charge >= 0.3 is 0 Å². The van der Waals surface area contributed by atoms with Crippen molar-refractivity contribution in [2.45, 2.75) is 25.4 Å². The van der Waals surface area contributed by atoms with Gasteiger partial charge in [-0.05, 0) is 12.8 Å². The first kappa shape index (κ1) is 9.62. The number of rotatable bonds is 4. The predicted molar refractivity (Wildman–Crippen MR) is 50.6 cm³/mol. The summed E-state index contributed by atoms with van der Waals surface area (Å²) in [6.07, 6.45) is 8.15. The third-order valence-corrected chi connectivity index (χ3v) is 1.86. The normalized spacial score (nSPS) is 12.3. The van der Waals surface area contributed by atoms with Crippen molar-refractivity contribution in [2.75, 3.05) is 5.73 Å². The lowest BCUT2D eigenvalue weighted by Gasteiger charge is -2.07. The first-order valence-electron chi connectivity index (χ1n) is 4.16. The SMILES string of the molecule is C#CCCCC(O)c1cn[nH]c1N. The highest BCUT2D eigenvalue weighted by Gasteiger charge is 2.11. The molecule has 0 aliphatic carbocycles. The van der Waals surface area contributed by atoms with Crippen LogP contribution in [0.3, 0.4) is 0 Å². The highest BCUT2D eigenvalue weighted by atomic mass is 16.3. The fourth-order valence-electron chi connectivity index (χ4n) is 1.12. The van der Waals surface area contributed by atoms with E-state index in [9.17, 15) is 5.11 Å². The summed E-state index contributed by atoms with van der Waals surface area (Å²) in [5.41, 5.74) is 6.18.